The zero-order valence-corrected chi connectivity index (χ0v) is 31.9. The highest BCUT2D eigenvalue weighted by Crippen LogP contribution is 2.46. The first kappa shape index (κ1) is 33.3. The number of phenolic OH excluding ortho intramolecular Hbond substituents is 1. The van der Waals surface area contributed by atoms with Crippen molar-refractivity contribution in [2.24, 2.45) is 0 Å². The summed E-state index contributed by atoms with van der Waals surface area (Å²) in [6.45, 7) is 5.27. The Balaban J connectivity index is 1.52. The Labute approximate surface area is 306 Å². The second-order valence-corrected chi connectivity index (χ2v) is 15.1. The predicted octanol–water partition coefficient (Wildman–Crippen LogP) is 8.93. The smallest absolute Gasteiger partial charge is 0.373 e. The molecule has 0 unspecified atom stereocenters. The molecule has 0 radical (unpaired) electrons. The van der Waals surface area contributed by atoms with Crippen LogP contribution in [0.5, 0.6) is 5.75 Å². The number of aromatic hydroxyl groups is 1. The second-order valence-electron chi connectivity index (χ2n) is 10.6. The molecule has 8 nitrogen and oxygen atoms in total. The zero-order valence-electron chi connectivity index (χ0n) is 23.3. The van der Waals surface area contributed by atoms with E-state index in [2.05, 4.69) is 22.6 Å². The van der Waals surface area contributed by atoms with Crippen LogP contribution in [0.2, 0.25) is 0 Å². The van der Waals surface area contributed by atoms with Gasteiger partial charge >= 0.3 is 11.9 Å². The van der Waals surface area contributed by atoms with Crippen LogP contribution >= 0.6 is 90.4 Å². The molecule has 1 heterocycles. The molecule has 0 saturated carbocycles. The van der Waals surface area contributed by atoms with Crippen LogP contribution in [-0.4, -0.2) is 22.6 Å². The number of esters is 1. The maximum absolute atomic E-state index is 13.6. The second kappa shape index (κ2) is 13.4. The van der Waals surface area contributed by atoms with Gasteiger partial charge < -0.3 is 14.3 Å². The number of carbonyl (C=O) groups excluding carboxylic acids is 2. The lowest BCUT2D eigenvalue weighted by Gasteiger charge is -2.20. The van der Waals surface area contributed by atoms with Crippen molar-refractivity contribution < 1.29 is 33.6 Å². The molecule has 3 aromatic rings. The van der Waals surface area contributed by atoms with E-state index in [9.17, 15) is 19.5 Å². The quantitative estimate of drug-likeness (QED) is 0.0591. The highest BCUT2D eigenvalue weighted by Gasteiger charge is 2.28. The van der Waals surface area contributed by atoms with Crippen LogP contribution in [0.25, 0.3) is 33.4 Å². The van der Waals surface area contributed by atoms with Gasteiger partial charge in [0.15, 0.2) is 11.3 Å². The molecule has 5 rings (SSSR count). The van der Waals surface area contributed by atoms with Crippen LogP contribution < -0.4 is 5.43 Å². The number of halogens is 4. The van der Waals surface area contributed by atoms with Crippen LogP contribution in [-0.2, 0) is 21.1 Å². The van der Waals surface area contributed by atoms with Crippen LogP contribution in [0, 0.1) is 14.3 Å². The zero-order chi connectivity index (χ0) is 31.9. The van der Waals surface area contributed by atoms with E-state index in [-0.39, 0.29) is 17.8 Å². The van der Waals surface area contributed by atoms with Gasteiger partial charge in [-0.1, -0.05) is 30.3 Å². The number of hydrogen-bond donors (Lipinski definition) is 1. The first-order valence-corrected chi connectivity index (χ1v) is 17.3. The molecule has 44 heavy (non-hydrogen) atoms. The summed E-state index contributed by atoms with van der Waals surface area (Å²) in [5, 5.41) is 11.4. The highest BCUT2D eigenvalue weighted by molar-refractivity contribution is 14.1. The van der Waals surface area contributed by atoms with Gasteiger partial charge in [0, 0.05) is 16.5 Å². The fourth-order valence-electron chi connectivity index (χ4n) is 4.34. The van der Waals surface area contributed by atoms with Gasteiger partial charge in [0.05, 0.1) is 21.8 Å². The number of benzene rings is 4. The van der Waals surface area contributed by atoms with E-state index in [0.29, 0.717) is 64.4 Å². The third kappa shape index (κ3) is 6.87. The van der Waals surface area contributed by atoms with Crippen molar-refractivity contribution in [1.29, 1.82) is 0 Å². The van der Waals surface area contributed by atoms with Crippen molar-refractivity contribution in [3.8, 4) is 28.2 Å². The predicted molar refractivity (Wildman–Crippen MR) is 199 cm³/mol. The van der Waals surface area contributed by atoms with Gasteiger partial charge in [0.2, 0.25) is 5.43 Å². The molecule has 2 aliphatic rings. The average molecular weight is 1040 g/mol. The van der Waals surface area contributed by atoms with Gasteiger partial charge in [-0.2, -0.15) is 4.89 Å². The molecule has 0 bridgehead atoms. The van der Waals surface area contributed by atoms with Gasteiger partial charge in [-0.3, -0.25) is 9.68 Å². The van der Waals surface area contributed by atoms with E-state index in [1.165, 1.54) is 0 Å². The minimum atomic E-state index is -0.637. The van der Waals surface area contributed by atoms with Crippen LogP contribution in [0.15, 0.2) is 69.9 Å². The van der Waals surface area contributed by atoms with E-state index in [0.717, 1.165) is 0 Å². The Morgan fingerprint density at radius 3 is 2.23 bits per heavy atom. The molecule has 1 aliphatic carbocycles. The van der Waals surface area contributed by atoms with Crippen molar-refractivity contribution in [3.05, 3.63) is 102 Å². The summed E-state index contributed by atoms with van der Waals surface area (Å²) in [5.74, 6) is -0.744. The SMILES string of the molecule is CC(C)(C)OOC(=O)c1ccc(COC(=O)c2ccccc2-c2c3cc(I)c(=O)c(I)c-3oc3c(I)c(O)c(I)cc23)cc1. The fourth-order valence-corrected chi connectivity index (χ4v) is 7.91. The summed E-state index contributed by atoms with van der Waals surface area (Å²) >= 11 is 8.06. The number of carbonyl (C=O) groups is 2. The van der Waals surface area contributed by atoms with Crippen LogP contribution in [0.3, 0.4) is 0 Å². The van der Waals surface area contributed by atoms with E-state index in [1.54, 1.807) is 69.3 Å². The third-order valence-electron chi connectivity index (χ3n) is 6.37. The molecule has 0 aromatic heterocycles. The lowest BCUT2D eigenvalue weighted by molar-refractivity contribution is -0.301. The normalized spacial score (nSPS) is 11.6. The molecule has 0 spiro atoms. The lowest BCUT2D eigenvalue weighted by atomic mass is 9.91. The Hall–Kier alpha value is -2.03. The minimum absolute atomic E-state index is 0.0361. The Morgan fingerprint density at radius 1 is 0.864 bits per heavy atom. The van der Waals surface area contributed by atoms with Crippen LogP contribution in [0.1, 0.15) is 47.1 Å². The van der Waals surface area contributed by atoms with Gasteiger partial charge in [0.25, 0.3) is 0 Å². The summed E-state index contributed by atoms with van der Waals surface area (Å²) in [6.07, 6.45) is 0. The third-order valence-corrected chi connectivity index (χ3v) is 9.97. The van der Waals surface area contributed by atoms with Crippen molar-refractivity contribution >= 4 is 113 Å². The maximum atomic E-state index is 13.6. The molecule has 0 atom stereocenters. The molecular formula is C32H22I4O8. The summed E-state index contributed by atoms with van der Waals surface area (Å²) in [7, 11) is 0. The summed E-state index contributed by atoms with van der Waals surface area (Å²) in [4.78, 5) is 48.7. The first-order valence-electron chi connectivity index (χ1n) is 13.0. The minimum Gasteiger partial charge on any atom is -0.506 e. The fraction of sp³-hybridized carbons (Fsp3) is 0.156. The van der Waals surface area contributed by atoms with Gasteiger partial charge in [-0.05, 0) is 153 Å². The molecule has 1 aliphatic heterocycles. The summed E-state index contributed by atoms with van der Waals surface area (Å²) in [5.41, 5.74) is 2.81. The number of hydrogen-bond acceptors (Lipinski definition) is 8. The molecule has 0 amide bonds. The van der Waals surface area contributed by atoms with E-state index >= 15 is 0 Å². The largest absolute Gasteiger partial charge is 0.506 e. The molecule has 226 valence electrons. The summed E-state index contributed by atoms with van der Waals surface area (Å²) in [6, 6.07) is 17.1. The number of rotatable bonds is 6. The molecule has 12 heteroatoms. The summed E-state index contributed by atoms with van der Waals surface area (Å²) < 4.78 is 14.0. The highest BCUT2D eigenvalue weighted by atomic mass is 127. The Bertz CT molecular complexity index is 1960. The number of ether oxygens (including phenoxy) is 1. The van der Waals surface area contributed by atoms with Crippen molar-refractivity contribution in [3.63, 3.8) is 0 Å². The monoisotopic (exact) mass is 1040 g/mol. The Kier molecular flexibility index (Phi) is 10.1. The van der Waals surface area contributed by atoms with E-state index in [4.69, 9.17) is 18.9 Å². The molecular weight excluding hydrogens is 1020 g/mol. The maximum Gasteiger partial charge on any atom is 0.373 e. The van der Waals surface area contributed by atoms with Crippen molar-refractivity contribution in [1.82, 2.24) is 0 Å². The number of phenols is 1. The van der Waals surface area contributed by atoms with Gasteiger partial charge in [-0.15, -0.1) is 0 Å². The topological polar surface area (TPSA) is 112 Å². The Morgan fingerprint density at radius 2 is 1.55 bits per heavy atom. The lowest BCUT2D eigenvalue weighted by Crippen LogP contribution is -2.21. The van der Waals surface area contributed by atoms with Crippen molar-refractivity contribution in [2.45, 2.75) is 33.0 Å². The average Bonchev–Trinajstić information content (AvgIpc) is 2.99. The molecule has 0 fully saturated rings. The molecule has 0 saturated heterocycles. The van der Waals surface area contributed by atoms with E-state index < -0.39 is 17.5 Å². The first-order chi connectivity index (χ1) is 20.8. The van der Waals surface area contributed by atoms with Crippen LogP contribution in [0.4, 0.5) is 0 Å². The number of fused-ring (bicyclic) bond motifs is 2. The molecule has 1 N–H and O–H groups in total. The van der Waals surface area contributed by atoms with E-state index in [1.807, 2.05) is 79.9 Å². The molecule has 3 aromatic carbocycles. The van der Waals surface area contributed by atoms with Gasteiger partial charge in [-0.25, -0.2) is 9.59 Å². The van der Waals surface area contributed by atoms with Crippen molar-refractivity contribution in [2.75, 3.05) is 0 Å². The standard InChI is InChI=1S/C32H22I4O8/c1-32(2,3)44-43-30(39)16-10-8-15(9-11-16)14-41-31(40)18-7-5-4-6-17(18)23-19-12-21(33)26(37)24(35)28(19)42-29-20(23)13-22(34)27(38)25(29)36/h4-13,37H,14H2,1-3H3. The van der Waals surface area contributed by atoms with Gasteiger partial charge in [0.1, 0.15) is 21.5 Å².